The van der Waals surface area contributed by atoms with Crippen LogP contribution in [0.4, 0.5) is 25.8 Å². The molecule has 3 N–H and O–H groups in total. The Labute approximate surface area is 218 Å². The molecule has 12 heteroatoms. The van der Waals surface area contributed by atoms with Crippen LogP contribution in [-0.2, 0) is 16.6 Å². The maximum atomic E-state index is 13.7. The Morgan fingerprint density at radius 1 is 1.24 bits per heavy atom. The molecule has 1 aliphatic heterocycles. The molecule has 0 unspecified atom stereocenters. The highest BCUT2D eigenvalue weighted by Gasteiger charge is 2.45. The molecule has 1 saturated heterocycles. The number of carbonyl (C=O) groups excluding carboxylic acids is 2. The minimum atomic E-state index is -3.63. The Balaban J connectivity index is 0.00000420. The summed E-state index contributed by atoms with van der Waals surface area (Å²) < 4.78 is 34.0. The number of nitrogens with zero attached hydrogens (tertiary/aromatic N) is 3. The number of ether oxygens (including phenoxy) is 1. The largest absolute Gasteiger partial charge is 0.481 e. The third-order valence-electron chi connectivity index (χ3n) is 6.18. The molecule has 0 saturated carbocycles. The minimum absolute atomic E-state index is 0. The summed E-state index contributed by atoms with van der Waals surface area (Å²) in [5.41, 5.74) is 2.35. The van der Waals surface area contributed by atoms with Crippen molar-refractivity contribution in [2.45, 2.75) is 31.4 Å². The fourth-order valence-corrected chi connectivity index (χ4v) is 4.32. The average molecular weight is 527 g/mol. The standard InChI is InChI=1S/C26H26F2N6O4.H2/c1-26(27,28)25(37)32-20-12-23(36)34(24(20)15-8-9-30-21(11-15)38-3)18-5-6-19(16(10-18)13-29)31-17-4-7-22(35)33(2)14-17;/h4-11,13-14,20,24,29,31H,12H2,1-3H3,(H,32,37);1H/t20-,24+;/m0./s1. The van der Waals surface area contributed by atoms with Crippen molar-refractivity contribution in [1.29, 1.82) is 5.41 Å². The molecule has 4 rings (SSSR count). The van der Waals surface area contributed by atoms with Gasteiger partial charge in [-0.25, -0.2) is 4.98 Å². The molecule has 1 fully saturated rings. The molecule has 3 aromatic rings. The molecule has 2 aromatic heterocycles. The zero-order chi connectivity index (χ0) is 27.6. The van der Waals surface area contributed by atoms with Crippen molar-refractivity contribution in [3.8, 4) is 5.88 Å². The number of aromatic nitrogens is 2. The first-order chi connectivity index (χ1) is 18.0. The van der Waals surface area contributed by atoms with Crippen LogP contribution >= 0.6 is 0 Å². The van der Waals surface area contributed by atoms with Gasteiger partial charge >= 0.3 is 5.92 Å². The van der Waals surface area contributed by atoms with Crippen molar-refractivity contribution in [3.05, 3.63) is 76.3 Å². The third-order valence-corrected chi connectivity index (χ3v) is 6.18. The Kier molecular flexibility index (Phi) is 7.24. The second kappa shape index (κ2) is 10.4. The van der Waals surface area contributed by atoms with E-state index in [-0.39, 0.29) is 19.3 Å². The van der Waals surface area contributed by atoms with Gasteiger partial charge in [-0.2, -0.15) is 8.78 Å². The van der Waals surface area contributed by atoms with E-state index < -0.39 is 29.8 Å². The first kappa shape index (κ1) is 26.5. The molecule has 200 valence electrons. The summed E-state index contributed by atoms with van der Waals surface area (Å²) in [6.07, 6.45) is 3.97. The zero-order valence-corrected chi connectivity index (χ0v) is 20.9. The van der Waals surface area contributed by atoms with Gasteiger partial charge in [0, 0.05) is 69.5 Å². The monoisotopic (exact) mass is 526 g/mol. The predicted molar refractivity (Wildman–Crippen MR) is 140 cm³/mol. The molecule has 3 heterocycles. The van der Waals surface area contributed by atoms with Gasteiger partial charge < -0.3 is 30.2 Å². The first-order valence-corrected chi connectivity index (χ1v) is 11.6. The Morgan fingerprint density at radius 3 is 2.66 bits per heavy atom. The summed E-state index contributed by atoms with van der Waals surface area (Å²) in [4.78, 5) is 42.6. The summed E-state index contributed by atoms with van der Waals surface area (Å²) in [6.45, 7) is 0.494. The summed E-state index contributed by atoms with van der Waals surface area (Å²) in [6, 6.07) is 9.35. The average Bonchev–Trinajstić information content (AvgIpc) is 3.21. The number of rotatable bonds is 8. The highest BCUT2D eigenvalue weighted by atomic mass is 19.3. The molecule has 1 aromatic carbocycles. The fraction of sp³-hybridized carbons (Fsp3) is 0.269. The lowest BCUT2D eigenvalue weighted by atomic mass is 10.00. The van der Waals surface area contributed by atoms with Gasteiger partial charge in [0.2, 0.25) is 17.3 Å². The maximum Gasteiger partial charge on any atom is 0.321 e. The van der Waals surface area contributed by atoms with Crippen LogP contribution in [-0.4, -0.2) is 46.7 Å². The zero-order valence-electron chi connectivity index (χ0n) is 20.9. The van der Waals surface area contributed by atoms with Gasteiger partial charge in [0.1, 0.15) is 0 Å². The highest BCUT2D eigenvalue weighted by molar-refractivity contribution is 6.00. The van der Waals surface area contributed by atoms with Crippen LogP contribution in [0.1, 0.15) is 31.9 Å². The van der Waals surface area contributed by atoms with Crippen LogP contribution in [0.2, 0.25) is 0 Å². The molecular weight excluding hydrogens is 498 g/mol. The molecule has 10 nitrogen and oxygen atoms in total. The van der Waals surface area contributed by atoms with E-state index >= 15 is 0 Å². The van der Waals surface area contributed by atoms with E-state index in [1.165, 1.54) is 28.8 Å². The number of anilines is 3. The topological polar surface area (TPSA) is 129 Å². The van der Waals surface area contributed by atoms with Crippen molar-refractivity contribution < 1.29 is 24.5 Å². The highest BCUT2D eigenvalue weighted by Crippen LogP contribution is 2.39. The van der Waals surface area contributed by atoms with Gasteiger partial charge in [-0.3, -0.25) is 14.4 Å². The molecule has 0 aliphatic carbocycles. The van der Waals surface area contributed by atoms with E-state index in [9.17, 15) is 23.2 Å². The molecule has 2 atom stereocenters. The normalized spacial score (nSPS) is 17.3. The van der Waals surface area contributed by atoms with Crippen molar-refractivity contribution >= 4 is 35.1 Å². The molecular formula is C26H28F2N6O4. The van der Waals surface area contributed by atoms with Gasteiger partial charge in [0.15, 0.2) is 0 Å². The van der Waals surface area contributed by atoms with Crippen molar-refractivity contribution in [1.82, 2.24) is 14.9 Å². The first-order valence-electron chi connectivity index (χ1n) is 11.6. The van der Waals surface area contributed by atoms with E-state index in [1.54, 1.807) is 49.6 Å². The number of hydrogen-bond acceptors (Lipinski definition) is 7. The van der Waals surface area contributed by atoms with Crippen molar-refractivity contribution in [2.24, 2.45) is 7.05 Å². The summed E-state index contributed by atoms with van der Waals surface area (Å²) in [7, 11) is 3.04. The number of benzene rings is 1. The predicted octanol–water partition coefficient (Wildman–Crippen LogP) is 3.39. The van der Waals surface area contributed by atoms with E-state index in [0.29, 0.717) is 35.1 Å². The van der Waals surface area contributed by atoms with E-state index in [4.69, 9.17) is 10.1 Å². The lowest BCUT2D eigenvalue weighted by molar-refractivity contribution is -0.143. The van der Waals surface area contributed by atoms with Crippen LogP contribution in [0.3, 0.4) is 0 Å². The van der Waals surface area contributed by atoms with Gasteiger partial charge in [0.05, 0.1) is 24.9 Å². The van der Waals surface area contributed by atoms with Crippen LogP contribution in [0.5, 0.6) is 5.88 Å². The quantitative estimate of drug-likeness (QED) is 0.386. The second-order valence-electron chi connectivity index (χ2n) is 8.92. The Hall–Kier alpha value is -4.61. The summed E-state index contributed by atoms with van der Waals surface area (Å²) >= 11 is 0. The van der Waals surface area contributed by atoms with Gasteiger partial charge in [-0.05, 0) is 35.9 Å². The maximum absolute atomic E-state index is 13.7. The number of alkyl halides is 2. The molecule has 38 heavy (non-hydrogen) atoms. The minimum Gasteiger partial charge on any atom is -0.481 e. The smallest absolute Gasteiger partial charge is 0.321 e. The number of nitrogens with one attached hydrogen (secondary N) is 3. The number of carbonyl (C=O) groups is 2. The summed E-state index contributed by atoms with van der Waals surface area (Å²) in [5.74, 6) is -5.26. The number of pyridine rings is 2. The van der Waals surface area contributed by atoms with Crippen LogP contribution in [0.25, 0.3) is 0 Å². The van der Waals surface area contributed by atoms with Crippen LogP contribution < -0.4 is 25.8 Å². The molecule has 2 amide bonds. The van der Waals surface area contributed by atoms with Crippen LogP contribution in [0.15, 0.2) is 59.7 Å². The molecule has 0 radical (unpaired) electrons. The number of amides is 2. The van der Waals surface area contributed by atoms with Gasteiger partial charge in [0.25, 0.3) is 5.91 Å². The number of aryl methyl sites for hydroxylation is 1. The van der Waals surface area contributed by atoms with Crippen LogP contribution in [0, 0.1) is 5.41 Å². The fourth-order valence-electron chi connectivity index (χ4n) is 4.32. The Morgan fingerprint density at radius 2 is 2.00 bits per heavy atom. The lowest BCUT2D eigenvalue weighted by Crippen LogP contribution is -2.46. The Bertz CT molecular complexity index is 1460. The summed E-state index contributed by atoms with van der Waals surface area (Å²) in [5, 5.41) is 13.4. The number of halogens is 2. The van der Waals surface area contributed by atoms with Gasteiger partial charge in [-0.15, -0.1) is 0 Å². The number of methoxy groups -OCH3 is 1. The second-order valence-corrected chi connectivity index (χ2v) is 8.92. The van der Waals surface area contributed by atoms with Crippen molar-refractivity contribution in [2.75, 3.05) is 17.3 Å². The number of hydrogen-bond donors (Lipinski definition) is 3. The molecule has 1 aliphatic rings. The lowest BCUT2D eigenvalue weighted by Gasteiger charge is -2.30. The SMILES string of the molecule is COc1cc([C@@H]2[C@@H](NC(=O)C(C)(F)F)CC(=O)N2c2ccc(Nc3ccc(=O)n(C)c3)c(C=N)c2)ccn1.[HH]. The molecule has 0 bridgehead atoms. The molecule has 0 spiro atoms. The van der Waals surface area contributed by atoms with Gasteiger partial charge in [-0.1, -0.05) is 0 Å². The third kappa shape index (κ3) is 5.38. The van der Waals surface area contributed by atoms with E-state index in [1.807, 2.05) is 0 Å². The van der Waals surface area contributed by atoms with E-state index in [0.717, 1.165) is 6.21 Å². The van der Waals surface area contributed by atoms with E-state index in [2.05, 4.69) is 15.6 Å². The van der Waals surface area contributed by atoms with Crippen molar-refractivity contribution in [3.63, 3.8) is 0 Å².